The van der Waals surface area contributed by atoms with Gasteiger partial charge in [-0.3, -0.25) is 9.36 Å². The van der Waals surface area contributed by atoms with Gasteiger partial charge < -0.3 is 25.2 Å². The van der Waals surface area contributed by atoms with E-state index in [1.54, 1.807) is 46.0 Å². The van der Waals surface area contributed by atoms with Gasteiger partial charge in [-0.25, -0.2) is 14.4 Å². The Morgan fingerprint density at radius 2 is 1.49 bits per heavy atom. The number of benzene rings is 3. The molecule has 3 atom stereocenters. The molecule has 0 bridgehead atoms. The highest BCUT2D eigenvalue weighted by Gasteiger charge is 2.33. The van der Waals surface area contributed by atoms with Crippen molar-refractivity contribution in [3.05, 3.63) is 95.7 Å². The summed E-state index contributed by atoms with van der Waals surface area (Å²) in [5.41, 5.74) is 4.67. The van der Waals surface area contributed by atoms with Crippen LogP contribution in [0, 0.1) is 5.92 Å². The van der Waals surface area contributed by atoms with Crippen LogP contribution in [-0.2, 0) is 25.5 Å². The van der Waals surface area contributed by atoms with Crippen molar-refractivity contribution < 1.29 is 33.8 Å². The van der Waals surface area contributed by atoms with E-state index >= 15 is 0 Å². The molecule has 0 unspecified atom stereocenters. The lowest BCUT2D eigenvalue weighted by atomic mass is 9.98. The third-order valence-corrected chi connectivity index (χ3v) is 8.54. The maximum Gasteiger partial charge on any atom is 0.419 e. The van der Waals surface area contributed by atoms with Gasteiger partial charge in [-0.05, 0) is 60.6 Å². The van der Waals surface area contributed by atoms with Gasteiger partial charge in [-0.15, -0.1) is 0 Å². The molecule has 1 aliphatic rings. The number of alkyl carbamates (subject to hydrolysis) is 1. The van der Waals surface area contributed by atoms with E-state index in [-0.39, 0.29) is 24.9 Å². The summed E-state index contributed by atoms with van der Waals surface area (Å²) >= 11 is 0. The second-order valence-corrected chi connectivity index (χ2v) is 13.0. The average Bonchev–Trinajstić information content (AvgIpc) is 3.56. The number of fused-ring (bicyclic) bond motifs is 4. The Morgan fingerprint density at radius 1 is 0.894 bits per heavy atom. The molecule has 2 amide bonds. The van der Waals surface area contributed by atoms with Crippen molar-refractivity contribution in [3.8, 4) is 11.1 Å². The second kappa shape index (κ2) is 13.7. The third-order valence-electron chi connectivity index (χ3n) is 8.54. The summed E-state index contributed by atoms with van der Waals surface area (Å²) < 4.78 is 12.7. The zero-order chi connectivity index (χ0) is 33.9. The topological polar surface area (TPSA) is 136 Å². The van der Waals surface area contributed by atoms with Crippen LogP contribution in [-0.4, -0.2) is 58.0 Å². The molecule has 47 heavy (non-hydrogen) atoms. The summed E-state index contributed by atoms with van der Waals surface area (Å²) in [6.07, 6.45) is 0.651. The smallest absolute Gasteiger partial charge is 0.419 e. The van der Waals surface area contributed by atoms with Crippen LogP contribution in [0.3, 0.4) is 0 Å². The summed E-state index contributed by atoms with van der Waals surface area (Å²) in [7, 11) is 0. The Kier molecular flexibility index (Phi) is 9.69. The first-order valence-corrected chi connectivity index (χ1v) is 15.8. The number of carboxylic acids is 1. The highest BCUT2D eigenvalue weighted by molar-refractivity contribution is 5.94. The van der Waals surface area contributed by atoms with Crippen LogP contribution < -0.4 is 10.6 Å². The maximum atomic E-state index is 13.7. The first-order chi connectivity index (χ1) is 22.4. The van der Waals surface area contributed by atoms with E-state index in [1.165, 1.54) is 4.57 Å². The predicted molar refractivity (Wildman–Crippen MR) is 178 cm³/mol. The molecule has 3 N–H and O–H groups in total. The maximum absolute atomic E-state index is 13.7. The molecule has 10 nitrogen and oxygen atoms in total. The molecule has 0 fully saturated rings. The van der Waals surface area contributed by atoms with E-state index in [1.807, 2.05) is 67.6 Å². The van der Waals surface area contributed by atoms with Crippen molar-refractivity contribution in [2.75, 3.05) is 6.61 Å². The number of aromatic nitrogens is 1. The zero-order valence-electron chi connectivity index (χ0n) is 27.3. The number of aliphatic carboxylic acids is 1. The van der Waals surface area contributed by atoms with Crippen molar-refractivity contribution >= 4 is 35.0 Å². The van der Waals surface area contributed by atoms with Gasteiger partial charge >= 0.3 is 18.2 Å². The van der Waals surface area contributed by atoms with Gasteiger partial charge in [0.1, 0.15) is 24.3 Å². The third kappa shape index (κ3) is 7.32. The Hall–Kier alpha value is -5.12. The quantitative estimate of drug-likeness (QED) is 0.180. The molecule has 5 rings (SSSR count). The number of ether oxygens (including phenoxy) is 2. The molecule has 10 heteroatoms. The Bertz CT molecular complexity index is 1760. The molecule has 0 radical (unpaired) electrons. The standard InChI is InChI=1S/C37H41N3O7/c1-6-22(2)32(34(42)43)39-33(41)30(19-23-20-40(36(45)47-37(3,4)5)31-18-12-11-13-24(23)31)38-35(44)46-21-29-27-16-9-7-14-25(27)26-15-8-10-17-28(26)29/h7-18,20,22,29-30,32H,6,19,21H2,1-5H3,(H,38,44)(H,39,41)(H,42,43)/t22-,30-,32-/m0/s1. The molecule has 0 spiro atoms. The van der Waals surface area contributed by atoms with E-state index in [0.29, 0.717) is 22.9 Å². The fraction of sp³-hybridized carbons (Fsp3) is 0.351. The van der Waals surface area contributed by atoms with Gasteiger partial charge in [0, 0.05) is 23.9 Å². The molecular weight excluding hydrogens is 598 g/mol. The minimum atomic E-state index is -1.21. The summed E-state index contributed by atoms with van der Waals surface area (Å²) in [5.74, 6) is -2.40. The number of amides is 2. The molecule has 0 aliphatic heterocycles. The highest BCUT2D eigenvalue weighted by atomic mass is 16.6. The van der Waals surface area contributed by atoms with E-state index in [9.17, 15) is 24.3 Å². The summed E-state index contributed by atoms with van der Waals surface area (Å²) in [4.78, 5) is 52.3. The molecular formula is C37H41N3O7. The number of hydrogen-bond acceptors (Lipinski definition) is 6. The van der Waals surface area contributed by atoms with E-state index in [4.69, 9.17) is 9.47 Å². The van der Waals surface area contributed by atoms with Gasteiger partial charge in [0.2, 0.25) is 5.91 Å². The molecule has 246 valence electrons. The van der Waals surface area contributed by atoms with Crippen LogP contribution >= 0.6 is 0 Å². The average molecular weight is 640 g/mol. The fourth-order valence-electron chi connectivity index (χ4n) is 6.02. The number of nitrogens with zero attached hydrogens (tertiary/aromatic N) is 1. The number of para-hydroxylation sites is 1. The number of carboxylic acid groups (broad SMARTS) is 1. The van der Waals surface area contributed by atoms with E-state index in [2.05, 4.69) is 10.6 Å². The van der Waals surface area contributed by atoms with E-state index < -0.39 is 41.7 Å². The lowest BCUT2D eigenvalue weighted by molar-refractivity contribution is -0.143. The highest BCUT2D eigenvalue weighted by Crippen LogP contribution is 2.44. The van der Waals surface area contributed by atoms with Gasteiger partial charge in [0.25, 0.3) is 0 Å². The molecule has 1 aliphatic carbocycles. The predicted octanol–water partition coefficient (Wildman–Crippen LogP) is 6.49. The first kappa shape index (κ1) is 33.2. The largest absolute Gasteiger partial charge is 0.480 e. The minimum absolute atomic E-state index is 0.0385. The van der Waals surface area contributed by atoms with Crippen LogP contribution in [0.15, 0.2) is 79.0 Å². The van der Waals surface area contributed by atoms with Crippen molar-refractivity contribution in [1.82, 2.24) is 15.2 Å². The SMILES string of the molecule is CC[C@H](C)[C@H](NC(=O)[C@H](Cc1cn(C(=O)OC(C)(C)C)c2ccccc12)NC(=O)OCC1c2ccccc2-c2ccccc21)C(=O)O. The number of rotatable bonds is 10. The van der Waals surface area contributed by atoms with Crippen LogP contribution in [0.25, 0.3) is 22.0 Å². The van der Waals surface area contributed by atoms with Crippen LogP contribution in [0.2, 0.25) is 0 Å². The Balaban J connectivity index is 1.41. The molecule has 4 aromatic rings. The molecule has 1 aromatic heterocycles. The molecule has 1 heterocycles. The number of hydrogen-bond donors (Lipinski definition) is 3. The fourth-order valence-corrected chi connectivity index (χ4v) is 6.02. The normalized spacial score (nSPS) is 14.4. The minimum Gasteiger partial charge on any atom is -0.480 e. The summed E-state index contributed by atoms with van der Waals surface area (Å²) in [5, 5.41) is 15.8. The Labute approximate surface area is 274 Å². The number of carbonyl (C=O) groups is 4. The van der Waals surface area contributed by atoms with Crippen LogP contribution in [0.5, 0.6) is 0 Å². The second-order valence-electron chi connectivity index (χ2n) is 13.0. The van der Waals surface area contributed by atoms with Crippen LogP contribution in [0.4, 0.5) is 9.59 Å². The zero-order valence-corrected chi connectivity index (χ0v) is 27.3. The van der Waals surface area contributed by atoms with Crippen molar-refractivity contribution in [2.24, 2.45) is 5.92 Å². The van der Waals surface area contributed by atoms with Crippen molar-refractivity contribution in [1.29, 1.82) is 0 Å². The van der Waals surface area contributed by atoms with E-state index in [0.717, 1.165) is 22.3 Å². The van der Waals surface area contributed by atoms with Crippen molar-refractivity contribution in [3.63, 3.8) is 0 Å². The monoisotopic (exact) mass is 639 g/mol. The van der Waals surface area contributed by atoms with Gasteiger partial charge in [-0.1, -0.05) is 87.0 Å². The van der Waals surface area contributed by atoms with Gasteiger partial charge in [0.05, 0.1) is 5.52 Å². The molecule has 3 aromatic carbocycles. The molecule has 0 saturated carbocycles. The number of nitrogens with one attached hydrogen (secondary N) is 2. The van der Waals surface area contributed by atoms with Crippen molar-refractivity contribution in [2.45, 2.75) is 71.1 Å². The summed E-state index contributed by atoms with van der Waals surface area (Å²) in [6.45, 7) is 8.92. The lowest BCUT2D eigenvalue weighted by Gasteiger charge is -2.24. The molecule has 0 saturated heterocycles. The van der Waals surface area contributed by atoms with Gasteiger partial charge in [0.15, 0.2) is 0 Å². The van der Waals surface area contributed by atoms with Gasteiger partial charge in [-0.2, -0.15) is 0 Å². The first-order valence-electron chi connectivity index (χ1n) is 15.8. The lowest BCUT2D eigenvalue weighted by Crippen LogP contribution is -2.54. The Morgan fingerprint density at radius 3 is 2.09 bits per heavy atom. The summed E-state index contributed by atoms with van der Waals surface area (Å²) in [6, 6.07) is 20.7. The number of carbonyl (C=O) groups excluding carboxylic acids is 3. The van der Waals surface area contributed by atoms with Crippen LogP contribution in [0.1, 0.15) is 63.6 Å².